The van der Waals surface area contributed by atoms with Crippen molar-refractivity contribution in [1.82, 2.24) is 38.8 Å². The first-order valence-electron chi connectivity index (χ1n) is 10.5. The summed E-state index contributed by atoms with van der Waals surface area (Å²) in [5.41, 5.74) is 7.83. The molecule has 0 bridgehead atoms. The highest BCUT2D eigenvalue weighted by Gasteiger charge is 2.18. The summed E-state index contributed by atoms with van der Waals surface area (Å²) in [5.74, 6) is 0. The van der Waals surface area contributed by atoms with Crippen LogP contribution in [-0.2, 0) is 0 Å². The Bertz CT molecular complexity index is 1440. The van der Waals surface area contributed by atoms with E-state index in [0.29, 0.717) is 0 Å². The number of hydrogen-bond acceptors (Lipinski definition) is 5. The Balaban J connectivity index is 1.57. The summed E-state index contributed by atoms with van der Waals surface area (Å²) in [5, 5.41) is 14.7. The van der Waals surface area contributed by atoms with Crippen LogP contribution in [0.1, 0.15) is 0 Å². The molecule has 0 unspecified atom stereocenters. The molecule has 8 heteroatoms. The molecule has 1 aromatic carbocycles. The first kappa shape index (κ1) is 17.8. The van der Waals surface area contributed by atoms with Crippen molar-refractivity contribution in [3.8, 4) is 33.9 Å². The van der Waals surface area contributed by atoms with Crippen LogP contribution in [0.4, 0.5) is 0 Å². The quantitative estimate of drug-likeness (QED) is 0.416. The summed E-state index contributed by atoms with van der Waals surface area (Å²) in [7, 11) is 0. The molecule has 7 aromatic rings. The van der Waals surface area contributed by atoms with E-state index in [1.807, 2.05) is 74.2 Å². The van der Waals surface area contributed by atoms with Gasteiger partial charge in [0.05, 0.1) is 17.1 Å². The van der Waals surface area contributed by atoms with Gasteiger partial charge in [0.2, 0.25) is 0 Å². The van der Waals surface area contributed by atoms with E-state index < -0.39 is 0 Å². The Morgan fingerprint density at radius 2 is 1.00 bits per heavy atom. The molecule has 0 saturated carbocycles. The van der Waals surface area contributed by atoms with Crippen molar-refractivity contribution >= 4 is 16.9 Å². The van der Waals surface area contributed by atoms with Crippen molar-refractivity contribution in [3.05, 3.63) is 97.5 Å². The summed E-state index contributed by atoms with van der Waals surface area (Å²) < 4.78 is 5.64. The Morgan fingerprint density at radius 3 is 1.61 bits per heavy atom. The van der Waals surface area contributed by atoms with Crippen LogP contribution in [0.3, 0.4) is 0 Å². The van der Waals surface area contributed by atoms with Gasteiger partial charge in [-0.15, -0.1) is 0 Å². The molecule has 0 amide bonds. The average Bonchev–Trinajstić information content (AvgIpc) is 3.62. The van der Waals surface area contributed by atoms with Crippen LogP contribution in [0.15, 0.2) is 97.5 Å². The third-order valence-corrected chi connectivity index (χ3v) is 5.70. The zero-order valence-electron chi connectivity index (χ0n) is 17.3. The topological polar surface area (TPSA) is 77.7 Å². The van der Waals surface area contributed by atoms with Crippen LogP contribution in [0.5, 0.6) is 0 Å². The molecule has 6 aromatic heterocycles. The minimum atomic E-state index is 0.772. The second-order valence-electron chi connectivity index (χ2n) is 7.72. The maximum atomic E-state index is 4.91. The lowest BCUT2D eigenvalue weighted by atomic mass is 10.2. The van der Waals surface area contributed by atoms with Crippen LogP contribution in [0.2, 0.25) is 0 Å². The molecule has 0 aliphatic carbocycles. The Labute approximate surface area is 187 Å². The summed E-state index contributed by atoms with van der Waals surface area (Å²) in [6.07, 6.45) is 5.31. The monoisotopic (exact) mass is 428 g/mol. The van der Waals surface area contributed by atoms with E-state index in [9.17, 15) is 0 Å². The maximum Gasteiger partial charge on any atom is 0.162 e. The lowest BCUT2D eigenvalue weighted by molar-refractivity contribution is 0.831. The predicted molar refractivity (Wildman–Crippen MR) is 125 cm³/mol. The molecule has 0 aliphatic heterocycles. The van der Waals surface area contributed by atoms with Gasteiger partial charge in [-0.25, -0.2) is 0 Å². The van der Waals surface area contributed by atoms with Gasteiger partial charge in [0.1, 0.15) is 5.69 Å². The van der Waals surface area contributed by atoms with E-state index in [0.717, 1.165) is 50.8 Å². The number of fused-ring (bicyclic) bond motifs is 6. The van der Waals surface area contributed by atoms with Gasteiger partial charge < -0.3 is 0 Å². The maximum absolute atomic E-state index is 4.91. The average molecular weight is 428 g/mol. The molecule has 7 rings (SSSR count). The number of pyridine rings is 2. The van der Waals surface area contributed by atoms with Gasteiger partial charge >= 0.3 is 0 Å². The SMILES string of the molecule is c1ccc(-c2cc3n4nc(-c5ccncc5)cc4n4nc(-c5ccccn5)cc4n3n2)cc1. The van der Waals surface area contributed by atoms with Gasteiger partial charge in [0.25, 0.3) is 0 Å². The minimum Gasteiger partial charge on any atom is -0.265 e. The molecule has 0 saturated heterocycles. The molecule has 0 N–H and O–H groups in total. The molecule has 0 atom stereocenters. The fraction of sp³-hybridized carbons (Fsp3) is 0. The molecule has 0 radical (unpaired) electrons. The van der Waals surface area contributed by atoms with Crippen molar-refractivity contribution in [1.29, 1.82) is 0 Å². The third-order valence-electron chi connectivity index (χ3n) is 5.70. The number of hydrogen-bond donors (Lipinski definition) is 0. The summed E-state index contributed by atoms with van der Waals surface area (Å²) >= 11 is 0. The second-order valence-corrected chi connectivity index (χ2v) is 7.72. The molecule has 0 spiro atoms. The van der Waals surface area contributed by atoms with Gasteiger partial charge in [0.15, 0.2) is 16.9 Å². The number of aromatic nitrogens is 8. The Morgan fingerprint density at radius 1 is 0.455 bits per heavy atom. The Hall–Kier alpha value is -4.85. The number of rotatable bonds is 3. The molecular weight excluding hydrogens is 412 g/mol. The van der Waals surface area contributed by atoms with Crippen LogP contribution in [-0.4, -0.2) is 38.8 Å². The summed E-state index contributed by atoms with van der Waals surface area (Å²) in [4.78, 5) is 8.60. The lowest BCUT2D eigenvalue weighted by Crippen LogP contribution is -2.04. The minimum absolute atomic E-state index is 0.772. The van der Waals surface area contributed by atoms with E-state index in [2.05, 4.69) is 28.2 Å². The Kier molecular flexibility index (Phi) is 3.68. The first-order chi connectivity index (χ1) is 16.3. The lowest BCUT2D eigenvalue weighted by Gasteiger charge is -2.01. The standard InChI is InChI=1S/C25H16N8/c1-2-6-17(7-3-1)20-14-23-31-24(15-21(29-31)18-9-12-26-13-10-18)33-25(32(23)28-20)16-22(30-33)19-8-4-5-11-27-19/h1-16H. The van der Waals surface area contributed by atoms with Gasteiger partial charge in [-0.1, -0.05) is 36.4 Å². The van der Waals surface area contributed by atoms with Crippen molar-refractivity contribution in [2.75, 3.05) is 0 Å². The fourth-order valence-corrected chi connectivity index (χ4v) is 4.13. The van der Waals surface area contributed by atoms with E-state index in [4.69, 9.17) is 15.3 Å². The first-order valence-corrected chi connectivity index (χ1v) is 10.5. The second kappa shape index (κ2) is 6.83. The highest BCUT2D eigenvalue weighted by atomic mass is 15.4. The van der Waals surface area contributed by atoms with Crippen molar-refractivity contribution in [3.63, 3.8) is 0 Å². The molecule has 6 heterocycles. The zero-order valence-corrected chi connectivity index (χ0v) is 17.3. The van der Waals surface area contributed by atoms with Crippen LogP contribution >= 0.6 is 0 Å². The zero-order chi connectivity index (χ0) is 21.8. The molecule has 0 aliphatic rings. The number of nitrogens with zero attached hydrogens (tertiary/aromatic N) is 8. The van der Waals surface area contributed by atoms with Gasteiger partial charge in [0, 0.05) is 47.9 Å². The molecule has 33 heavy (non-hydrogen) atoms. The van der Waals surface area contributed by atoms with Gasteiger partial charge in [-0.3, -0.25) is 9.97 Å². The van der Waals surface area contributed by atoms with Crippen molar-refractivity contribution in [2.24, 2.45) is 0 Å². The molecular formula is C25H16N8. The molecule has 156 valence electrons. The highest BCUT2D eigenvalue weighted by Crippen LogP contribution is 2.27. The van der Waals surface area contributed by atoms with Crippen LogP contribution < -0.4 is 0 Å². The molecule has 0 fully saturated rings. The summed E-state index contributed by atoms with van der Waals surface area (Å²) in [6.45, 7) is 0. The van der Waals surface area contributed by atoms with Gasteiger partial charge in [-0.05, 0) is 24.3 Å². The van der Waals surface area contributed by atoms with E-state index in [-0.39, 0.29) is 0 Å². The van der Waals surface area contributed by atoms with Crippen molar-refractivity contribution in [2.45, 2.75) is 0 Å². The van der Waals surface area contributed by atoms with E-state index >= 15 is 0 Å². The summed E-state index contributed by atoms with van der Waals surface area (Å²) in [6, 6.07) is 25.9. The fourth-order valence-electron chi connectivity index (χ4n) is 4.13. The van der Waals surface area contributed by atoms with Crippen molar-refractivity contribution < 1.29 is 0 Å². The molecule has 8 nitrogen and oxygen atoms in total. The van der Waals surface area contributed by atoms with Gasteiger partial charge in [-0.2, -0.15) is 28.8 Å². The highest BCUT2D eigenvalue weighted by molar-refractivity contribution is 5.74. The normalized spacial score (nSPS) is 11.6. The largest absolute Gasteiger partial charge is 0.265 e. The van der Waals surface area contributed by atoms with Crippen LogP contribution in [0.25, 0.3) is 50.8 Å². The third kappa shape index (κ3) is 2.74. The number of benzene rings is 1. The van der Waals surface area contributed by atoms with E-state index in [1.54, 1.807) is 18.6 Å². The predicted octanol–water partition coefficient (Wildman–Crippen LogP) is 4.42. The van der Waals surface area contributed by atoms with E-state index in [1.165, 1.54) is 0 Å². The smallest absolute Gasteiger partial charge is 0.162 e. The van der Waals surface area contributed by atoms with Crippen LogP contribution in [0, 0.1) is 0 Å².